The highest BCUT2D eigenvalue weighted by atomic mass is 32.2. The fourth-order valence-corrected chi connectivity index (χ4v) is 12.6. The number of carbonyl (C=O) groups is 1. The highest BCUT2D eigenvalue weighted by Crippen LogP contribution is 2.69. The number of benzene rings is 1. The lowest BCUT2D eigenvalue weighted by molar-refractivity contribution is -0.202. The van der Waals surface area contributed by atoms with Gasteiger partial charge < -0.3 is 24.6 Å². The summed E-state index contributed by atoms with van der Waals surface area (Å²) in [7, 11) is -4.05. The molecule has 256 valence electrons. The maximum absolute atomic E-state index is 13.0. The number of nitrogens with one attached hydrogen (secondary N) is 1. The van der Waals surface area contributed by atoms with Crippen molar-refractivity contribution in [3.8, 4) is 0 Å². The largest absolute Gasteiger partial charge is 0.449 e. The third kappa shape index (κ3) is 5.57. The molecular weight excluding hydrogens is 604 g/mol. The summed E-state index contributed by atoms with van der Waals surface area (Å²) in [6.07, 6.45) is 9.72. The van der Waals surface area contributed by atoms with Crippen LogP contribution in [0.1, 0.15) is 91.4 Å². The van der Waals surface area contributed by atoms with Crippen LogP contribution in [0.3, 0.4) is 0 Å². The minimum absolute atomic E-state index is 0.0344. The van der Waals surface area contributed by atoms with Crippen molar-refractivity contribution >= 4 is 21.8 Å². The number of rotatable bonds is 7. The SMILES string of the molecule is CC[C@H]1[C@@H](O)[C@@H]2[C@H](CC[C@]3(C)[C@@H](CCOC(=O)NS(=O)(=O)c4ccc(N5CC6CCC(C5)O6)cc4)CC[C@@H]23)[C@@]2(C)CC[C@@H](O)C[C@@H]12. The number of carbonyl (C=O) groups excluding carboxylic acids is 1. The fraction of sp³-hybridized carbons (Fsp3) is 0.806. The predicted octanol–water partition coefficient (Wildman–Crippen LogP) is 5.49. The van der Waals surface area contributed by atoms with E-state index in [-0.39, 0.29) is 58.6 Å². The molecule has 2 heterocycles. The quantitative estimate of drug-likeness (QED) is 0.352. The summed E-state index contributed by atoms with van der Waals surface area (Å²) >= 11 is 0. The van der Waals surface area contributed by atoms with Crippen LogP contribution in [0.15, 0.2) is 29.2 Å². The molecule has 9 nitrogen and oxygen atoms in total. The van der Waals surface area contributed by atoms with Gasteiger partial charge in [-0.2, -0.15) is 0 Å². The molecular formula is C36H54N2O7S. The zero-order chi connectivity index (χ0) is 32.4. The van der Waals surface area contributed by atoms with Crippen molar-refractivity contribution < 1.29 is 32.9 Å². The van der Waals surface area contributed by atoms with Crippen molar-refractivity contribution in [1.29, 1.82) is 0 Å². The number of ether oxygens (including phenoxy) is 2. The predicted molar refractivity (Wildman–Crippen MR) is 175 cm³/mol. The highest BCUT2D eigenvalue weighted by molar-refractivity contribution is 7.90. The van der Waals surface area contributed by atoms with Gasteiger partial charge in [-0.15, -0.1) is 0 Å². The standard InChI is InChI=1S/C36H54N2O7S/c1-4-28-31-19-24(39)13-16-36(31,3)30-14-17-35(2)22(5-12-29(35)32(30)33(28)40)15-18-44-34(41)37-46(42,43)27-10-6-23(7-11-27)38-20-25-8-9-26(21-38)45-25/h6-7,10-11,22,24-26,28-33,39-40H,4-5,8-9,12-21H2,1-3H3,(H,37,41)/t22-,24-,25?,26?,28-,29+,30+,31+,32+,33-,35-,36-/m1/s1. The van der Waals surface area contributed by atoms with Gasteiger partial charge in [0.05, 0.1) is 35.9 Å². The van der Waals surface area contributed by atoms with Crippen LogP contribution < -0.4 is 9.62 Å². The molecule has 46 heavy (non-hydrogen) atoms. The number of nitrogens with zero attached hydrogens (tertiary/aromatic N) is 1. The van der Waals surface area contributed by atoms with Gasteiger partial charge in [-0.05, 0) is 135 Å². The maximum Gasteiger partial charge on any atom is 0.421 e. The molecule has 10 heteroatoms. The zero-order valence-electron chi connectivity index (χ0n) is 27.8. The molecule has 4 saturated carbocycles. The first-order valence-electron chi connectivity index (χ1n) is 18.0. The van der Waals surface area contributed by atoms with Crippen molar-refractivity contribution in [2.75, 3.05) is 24.6 Å². The van der Waals surface area contributed by atoms with Gasteiger partial charge in [0, 0.05) is 18.8 Å². The Morgan fingerprint density at radius 3 is 2.33 bits per heavy atom. The average molecular weight is 659 g/mol. The van der Waals surface area contributed by atoms with E-state index in [9.17, 15) is 23.4 Å². The molecule has 7 rings (SSSR count). The average Bonchev–Trinajstić information content (AvgIpc) is 3.55. The summed E-state index contributed by atoms with van der Waals surface area (Å²) in [5.41, 5.74) is 1.18. The third-order valence-electron chi connectivity index (χ3n) is 14.1. The molecule has 6 aliphatic rings. The normalized spacial score (nSPS) is 43.4. The number of sulfonamides is 1. The molecule has 0 spiro atoms. The topological polar surface area (TPSA) is 125 Å². The van der Waals surface area contributed by atoms with Crippen molar-refractivity contribution in [2.24, 2.45) is 46.3 Å². The number of amides is 1. The van der Waals surface area contributed by atoms with Crippen LogP contribution in [0, 0.1) is 46.3 Å². The smallest absolute Gasteiger partial charge is 0.421 e. The number of hydrogen-bond donors (Lipinski definition) is 3. The van der Waals surface area contributed by atoms with E-state index in [0.29, 0.717) is 30.1 Å². The minimum Gasteiger partial charge on any atom is -0.449 e. The summed E-state index contributed by atoms with van der Waals surface area (Å²) < 4.78 is 39.4. The van der Waals surface area contributed by atoms with E-state index in [4.69, 9.17) is 9.47 Å². The number of hydrogen-bond acceptors (Lipinski definition) is 8. The first-order valence-corrected chi connectivity index (χ1v) is 19.5. The molecule has 1 aromatic rings. The zero-order valence-corrected chi connectivity index (χ0v) is 28.6. The van der Waals surface area contributed by atoms with Crippen LogP contribution in [-0.4, -0.2) is 68.8 Å². The maximum atomic E-state index is 13.0. The van der Waals surface area contributed by atoms with Crippen LogP contribution >= 0.6 is 0 Å². The van der Waals surface area contributed by atoms with E-state index in [1.807, 2.05) is 0 Å². The second-order valence-electron chi connectivity index (χ2n) is 16.1. The van der Waals surface area contributed by atoms with E-state index < -0.39 is 16.1 Å². The van der Waals surface area contributed by atoms with Gasteiger partial charge in [-0.1, -0.05) is 27.2 Å². The lowest BCUT2D eigenvalue weighted by Crippen LogP contribution is -2.62. The minimum atomic E-state index is -4.05. The molecule has 2 bridgehead atoms. The van der Waals surface area contributed by atoms with Crippen molar-refractivity contribution in [3.05, 3.63) is 24.3 Å². The second kappa shape index (κ2) is 12.2. The first kappa shape index (κ1) is 32.7. The number of fused-ring (bicyclic) bond motifs is 7. The summed E-state index contributed by atoms with van der Waals surface area (Å²) in [6, 6.07) is 6.67. The van der Waals surface area contributed by atoms with Gasteiger partial charge in [-0.3, -0.25) is 0 Å². The highest BCUT2D eigenvalue weighted by Gasteiger charge is 2.64. The first-order chi connectivity index (χ1) is 21.9. The molecule has 4 aliphatic carbocycles. The molecule has 6 fully saturated rings. The Hall–Kier alpha value is -1.88. The van der Waals surface area contributed by atoms with Gasteiger partial charge in [0.25, 0.3) is 10.0 Å². The van der Waals surface area contributed by atoms with Gasteiger partial charge in [0.1, 0.15) is 0 Å². The Kier molecular flexibility index (Phi) is 8.68. The Balaban J connectivity index is 0.945. The van der Waals surface area contributed by atoms with Crippen LogP contribution in [0.4, 0.5) is 10.5 Å². The van der Waals surface area contributed by atoms with E-state index in [1.165, 1.54) is 0 Å². The Bertz CT molecular complexity index is 1380. The van der Waals surface area contributed by atoms with Crippen molar-refractivity contribution in [1.82, 2.24) is 4.72 Å². The summed E-state index contributed by atoms with van der Waals surface area (Å²) in [6.45, 7) is 8.81. The Labute approximate surface area is 274 Å². The van der Waals surface area contributed by atoms with E-state index >= 15 is 0 Å². The lowest BCUT2D eigenvalue weighted by Gasteiger charge is -2.64. The van der Waals surface area contributed by atoms with E-state index in [2.05, 4.69) is 30.4 Å². The molecule has 3 N–H and O–H groups in total. The lowest BCUT2D eigenvalue weighted by atomic mass is 9.41. The van der Waals surface area contributed by atoms with Crippen LogP contribution in [0.5, 0.6) is 0 Å². The van der Waals surface area contributed by atoms with E-state index in [0.717, 1.165) is 83.0 Å². The Morgan fingerprint density at radius 2 is 1.63 bits per heavy atom. The second-order valence-corrected chi connectivity index (χ2v) is 17.8. The van der Waals surface area contributed by atoms with Crippen LogP contribution in [-0.2, 0) is 19.5 Å². The summed E-state index contributed by atoms with van der Waals surface area (Å²) in [5.74, 6) is 2.13. The molecule has 12 atom stereocenters. The third-order valence-corrected chi connectivity index (χ3v) is 15.4. The number of morpholine rings is 1. The molecule has 1 amide bonds. The fourth-order valence-electron chi connectivity index (χ4n) is 11.7. The molecule has 0 radical (unpaired) electrons. The summed E-state index contributed by atoms with van der Waals surface area (Å²) in [4.78, 5) is 14.9. The van der Waals surface area contributed by atoms with Crippen LogP contribution in [0.2, 0.25) is 0 Å². The number of aliphatic hydroxyl groups is 2. The Morgan fingerprint density at radius 1 is 0.957 bits per heavy atom. The number of aliphatic hydroxyl groups excluding tert-OH is 2. The molecule has 2 saturated heterocycles. The van der Waals surface area contributed by atoms with E-state index in [1.54, 1.807) is 24.3 Å². The van der Waals surface area contributed by atoms with Gasteiger partial charge in [0.2, 0.25) is 0 Å². The molecule has 1 aromatic carbocycles. The molecule has 2 unspecified atom stereocenters. The molecule has 2 aliphatic heterocycles. The monoisotopic (exact) mass is 658 g/mol. The summed E-state index contributed by atoms with van der Waals surface area (Å²) in [5, 5.41) is 22.4. The van der Waals surface area contributed by atoms with Gasteiger partial charge in [0.15, 0.2) is 0 Å². The van der Waals surface area contributed by atoms with Crippen LogP contribution in [0.25, 0.3) is 0 Å². The van der Waals surface area contributed by atoms with Crippen molar-refractivity contribution in [3.63, 3.8) is 0 Å². The van der Waals surface area contributed by atoms with Crippen molar-refractivity contribution in [2.45, 2.75) is 121 Å². The number of anilines is 1. The van der Waals surface area contributed by atoms with Gasteiger partial charge in [-0.25, -0.2) is 17.9 Å². The molecule has 0 aromatic heterocycles. The van der Waals surface area contributed by atoms with Gasteiger partial charge >= 0.3 is 6.09 Å².